The monoisotopic (exact) mass is 324 g/mol. The van der Waals surface area contributed by atoms with Gasteiger partial charge in [-0.25, -0.2) is 4.79 Å². The number of nitrogens with one attached hydrogen (secondary N) is 1. The van der Waals surface area contributed by atoms with Crippen molar-refractivity contribution in [2.45, 2.75) is 65.6 Å². The number of aryl methyl sites for hydroxylation is 2. The number of rotatable bonds is 6. The van der Waals surface area contributed by atoms with Crippen molar-refractivity contribution in [3.63, 3.8) is 0 Å². The molecule has 0 atom stereocenters. The summed E-state index contributed by atoms with van der Waals surface area (Å²) in [4.78, 5) is 16.8. The largest absolute Gasteiger partial charge is 0.444 e. The van der Waals surface area contributed by atoms with Crippen molar-refractivity contribution in [2.75, 3.05) is 13.1 Å². The highest BCUT2D eigenvalue weighted by molar-refractivity contribution is 7.12. The van der Waals surface area contributed by atoms with E-state index in [4.69, 9.17) is 4.74 Å². The van der Waals surface area contributed by atoms with Crippen molar-refractivity contribution in [2.24, 2.45) is 0 Å². The van der Waals surface area contributed by atoms with E-state index >= 15 is 0 Å². The summed E-state index contributed by atoms with van der Waals surface area (Å²) in [5, 5.41) is 3.44. The standard InChI is InChI=1S/C17H28N2O2S/c1-12-10-14(13(2)22-12)11-18-8-9-19(15-6-7-15)16(20)21-17(3,4)5/h10,15,18H,6-9,11H2,1-5H3. The third-order valence-electron chi connectivity index (χ3n) is 3.60. The van der Waals surface area contributed by atoms with Crippen LogP contribution < -0.4 is 5.32 Å². The van der Waals surface area contributed by atoms with Crippen LogP contribution in [0, 0.1) is 13.8 Å². The summed E-state index contributed by atoms with van der Waals surface area (Å²) in [6, 6.07) is 2.61. The minimum atomic E-state index is -0.428. The van der Waals surface area contributed by atoms with Crippen LogP contribution in [0.15, 0.2) is 6.07 Å². The SMILES string of the molecule is Cc1cc(CNCCN(C(=O)OC(C)(C)C)C2CC2)c(C)s1. The summed E-state index contributed by atoms with van der Waals surface area (Å²) in [6.45, 7) is 12.4. The maximum Gasteiger partial charge on any atom is 0.410 e. The van der Waals surface area contributed by atoms with Crippen LogP contribution in [-0.4, -0.2) is 35.7 Å². The molecule has 1 amide bonds. The van der Waals surface area contributed by atoms with Gasteiger partial charge in [-0.05, 0) is 59.1 Å². The number of amides is 1. The fourth-order valence-corrected chi connectivity index (χ4v) is 3.36. The van der Waals surface area contributed by atoms with E-state index in [0.29, 0.717) is 12.6 Å². The van der Waals surface area contributed by atoms with Crippen molar-refractivity contribution in [1.82, 2.24) is 10.2 Å². The first kappa shape index (κ1) is 17.3. The Hall–Kier alpha value is -1.07. The van der Waals surface area contributed by atoms with Gasteiger partial charge in [0.25, 0.3) is 0 Å². The molecule has 124 valence electrons. The number of thiophene rings is 1. The predicted octanol–water partition coefficient (Wildman–Crippen LogP) is 3.85. The number of ether oxygens (including phenoxy) is 1. The van der Waals surface area contributed by atoms with Gasteiger partial charge in [-0.1, -0.05) is 0 Å². The summed E-state index contributed by atoms with van der Waals surface area (Å²) < 4.78 is 5.50. The fourth-order valence-electron chi connectivity index (χ4n) is 2.41. The van der Waals surface area contributed by atoms with Gasteiger partial charge in [-0.3, -0.25) is 0 Å². The lowest BCUT2D eigenvalue weighted by atomic mass is 10.2. The minimum Gasteiger partial charge on any atom is -0.444 e. The highest BCUT2D eigenvalue weighted by Crippen LogP contribution is 2.28. The van der Waals surface area contributed by atoms with E-state index in [1.807, 2.05) is 37.0 Å². The van der Waals surface area contributed by atoms with E-state index in [2.05, 4.69) is 25.2 Å². The van der Waals surface area contributed by atoms with Crippen molar-refractivity contribution in [1.29, 1.82) is 0 Å². The van der Waals surface area contributed by atoms with Gasteiger partial charge in [0.2, 0.25) is 0 Å². The molecule has 1 heterocycles. The van der Waals surface area contributed by atoms with Crippen molar-refractivity contribution < 1.29 is 9.53 Å². The molecule has 0 bridgehead atoms. The predicted molar refractivity (Wildman–Crippen MR) is 91.5 cm³/mol. The molecule has 0 unspecified atom stereocenters. The van der Waals surface area contributed by atoms with Crippen LogP contribution in [-0.2, 0) is 11.3 Å². The number of carbonyl (C=O) groups excluding carboxylic acids is 1. The highest BCUT2D eigenvalue weighted by atomic mass is 32.1. The maximum absolute atomic E-state index is 12.2. The molecule has 0 saturated heterocycles. The first-order valence-electron chi connectivity index (χ1n) is 8.02. The molecule has 0 aliphatic heterocycles. The van der Waals surface area contributed by atoms with Crippen LogP contribution in [0.25, 0.3) is 0 Å². The molecule has 1 aliphatic carbocycles. The summed E-state index contributed by atoms with van der Waals surface area (Å²) in [5.41, 5.74) is 0.931. The summed E-state index contributed by atoms with van der Waals surface area (Å²) in [5.74, 6) is 0. The van der Waals surface area contributed by atoms with E-state index < -0.39 is 5.60 Å². The molecule has 0 spiro atoms. The third kappa shape index (κ3) is 5.29. The number of nitrogens with zero attached hydrogens (tertiary/aromatic N) is 1. The second-order valence-electron chi connectivity index (χ2n) is 7.02. The zero-order valence-corrected chi connectivity index (χ0v) is 15.2. The number of carbonyl (C=O) groups is 1. The molecular weight excluding hydrogens is 296 g/mol. The first-order chi connectivity index (χ1) is 10.3. The normalized spacial score (nSPS) is 15.0. The highest BCUT2D eigenvalue weighted by Gasteiger charge is 2.34. The second-order valence-corrected chi connectivity index (χ2v) is 8.48. The van der Waals surface area contributed by atoms with E-state index in [-0.39, 0.29) is 6.09 Å². The fraction of sp³-hybridized carbons (Fsp3) is 0.706. The summed E-state index contributed by atoms with van der Waals surface area (Å²) in [7, 11) is 0. The Morgan fingerprint density at radius 2 is 2.09 bits per heavy atom. The summed E-state index contributed by atoms with van der Waals surface area (Å²) in [6.07, 6.45) is 2.02. The molecule has 1 aromatic rings. The second kappa shape index (κ2) is 7.01. The van der Waals surface area contributed by atoms with Crippen molar-refractivity contribution in [3.05, 3.63) is 21.4 Å². The summed E-state index contributed by atoms with van der Waals surface area (Å²) >= 11 is 1.84. The number of hydrogen-bond acceptors (Lipinski definition) is 4. The van der Waals surface area contributed by atoms with Crippen LogP contribution in [0.5, 0.6) is 0 Å². The molecule has 2 rings (SSSR count). The topological polar surface area (TPSA) is 41.6 Å². The average Bonchev–Trinajstić information content (AvgIpc) is 3.14. The van der Waals surface area contributed by atoms with Crippen LogP contribution in [0.1, 0.15) is 48.9 Å². The molecular formula is C17H28N2O2S. The molecule has 1 aromatic heterocycles. The van der Waals surface area contributed by atoms with Crippen LogP contribution in [0.3, 0.4) is 0 Å². The molecule has 1 fully saturated rings. The maximum atomic E-state index is 12.2. The first-order valence-corrected chi connectivity index (χ1v) is 8.84. The van der Waals surface area contributed by atoms with Crippen LogP contribution in [0.4, 0.5) is 4.79 Å². The van der Waals surface area contributed by atoms with Crippen LogP contribution in [0.2, 0.25) is 0 Å². The molecule has 22 heavy (non-hydrogen) atoms. The van der Waals surface area contributed by atoms with Crippen LogP contribution >= 0.6 is 11.3 Å². The van der Waals surface area contributed by atoms with Gasteiger partial charge in [0.1, 0.15) is 5.60 Å². The molecule has 4 nitrogen and oxygen atoms in total. The van der Waals surface area contributed by atoms with Gasteiger partial charge in [-0.2, -0.15) is 0 Å². The van der Waals surface area contributed by atoms with Gasteiger partial charge in [0, 0.05) is 35.4 Å². The zero-order chi connectivity index (χ0) is 16.3. The van der Waals surface area contributed by atoms with Gasteiger partial charge in [-0.15, -0.1) is 11.3 Å². The molecule has 1 aliphatic rings. The quantitative estimate of drug-likeness (QED) is 0.808. The van der Waals surface area contributed by atoms with E-state index in [0.717, 1.165) is 25.9 Å². The van der Waals surface area contributed by atoms with Gasteiger partial charge >= 0.3 is 6.09 Å². The molecule has 0 radical (unpaired) electrons. The lowest BCUT2D eigenvalue weighted by molar-refractivity contribution is 0.0236. The molecule has 1 N–H and O–H groups in total. The Balaban J connectivity index is 1.77. The minimum absolute atomic E-state index is 0.181. The lowest BCUT2D eigenvalue weighted by Crippen LogP contribution is -2.41. The van der Waals surface area contributed by atoms with E-state index in [9.17, 15) is 4.79 Å². The van der Waals surface area contributed by atoms with Gasteiger partial charge in [0.05, 0.1) is 0 Å². The smallest absolute Gasteiger partial charge is 0.410 e. The van der Waals surface area contributed by atoms with Gasteiger partial charge in [0.15, 0.2) is 0 Å². The molecule has 0 aromatic carbocycles. The molecule has 1 saturated carbocycles. The molecule has 5 heteroatoms. The van der Waals surface area contributed by atoms with Gasteiger partial charge < -0.3 is 15.0 Å². The Morgan fingerprint density at radius 1 is 1.41 bits per heavy atom. The van der Waals surface area contributed by atoms with E-state index in [1.54, 1.807) is 0 Å². The number of hydrogen-bond donors (Lipinski definition) is 1. The Bertz CT molecular complexity index is 515. The third-order valence-corrected chi connectivity index (χ3v) is 4.61. The lowest BCUT2D eigenvalue weighted by Gasteiger charge is -2.27. The Morgan fingerprint density at radius 3 is 2.59 bits per heavy atom. The Labute approximate surface area is 137 Å². The van der Waals surface area contributed by atoms with Crippen molar-refractivity contribution >= 4 is 17.4 Å². The Kier molecular flexibility index (Phi) is 5.50. The zero-order valence-electron chi connectivity index (χ0n) is 14.4. The van der Waals surface area contributed by atoms with E-state index in [1.165, 1.54) is 15.3 Å². The van der Waals surface area contributed by atoms with Crippen molar-refractivity contribution in [3.8, 4) is 0 Å². The average molecular weight is 324 g/mol.